The van der Waals surface area contributed by atoms with Crippen molar-refractivity contribution in [1.82, 2.24) is 9.80 Å². The molecule has 0 aliphatic carbocycles. The highest BCUT2D eigenvalue weighted by molar-refractivity contribution is 5.93. The number of nitrogens with one attached hydrogen (secondary N) is 1. The molecule has 5 heteroatoms. The third-order valence-corrected chi connectivity index (χ3v) is 4.50. The first-order valence-corrected chi connectivity index (χ1v) is 8.24. The van der Waals surface area contributed by atoms with Crippen molar-refractivity contribution in [2.75, 3.05) is 32.0 Å². The Hall–Kier alpha value is -1.88. The molecule has 0 spiro atoms. The smallest absolute Gasteiger partial charge is 0.239 e. The standard InChI is InChI=1S/C18H27N3O2/c1-13-7-8-14(2)16(11-13)19-17(22)12-20(4)15(3)18(23)21-9-5-6-10-21/h7-8,11,15H,5-6,9-10,12H2,1-4H3,(H,19,22)/t15-/m0/s1. The van der Waals surface area contributed by atoms with Gasteiger partial charge in [-0.15, -0.1) is 0 Å². The lowest BCUT2D eigenvalue weighted by Gasteiger charge is -2.27. The van der Waals surface area contributed by atoms with Gasteiger partial charge in [0, 0.05) is 18.8 Å². The Balaban J connectivity index is 1.91. The summed E-state index contributed by atoms with van der Waals surface area (Å²) in [5.74, 6) is 0.0202. The van der Waals surface area contributed by atoms with Crippen molar-refractivity contribution in [1.29, 1.82) is 0 Å². The van der Waals surface area contributed by atoms with Crippen LogP contribution in [0.5, 0.6) is 0 Å². The Morgan fingerprint density at radius 3 is 2.57 bits per heavy atom. The molecule has 1 fully saturated rings. The van der Waals surface area contributed by atoms with E-state index in [1.54, 1.807) is 4.90 Å². The molecule has 1 saturated heterocycles. The second-order valence-corrected chi connectivity index (χ2v) is 6.49. The van der Waals surface area contributed by atoms with Gasteiger partial charge in [0.1, 0.15) is 0 Å². The van der Waals surface area contributed by atoms with Gasteiger partial charge in [-0.05, 0) is 57.9 Å². The van der Waals surface area contributed by atoms with Crippen LogP contribution in [0.15, 0.2) is 18.2 Å². The van der Waals surface area contributed by atoms with Gasteiger partial charge in [-0.1, -0.05) is 12.1 Å². The van der Waals surface area contributed by atoms with Crippen LogP contribution in [0.4, 0.5) is 5.69 Å². The molecule has 1 heterocycles. The van der Waals surface area contributed by atoms with Crippen molar-refractivity contribution in [2.24, 2.45) is 0 Å². The van der Waals surface area contributed by atoms with Crippen LogP contribution in [0.3, 0.4) is 0 Å². The highest BCUT2D eigenvalue weighted by Gasteiger charge is 2.26. The van der Waals surface area contributed by atoms with Gasteiger partial charge in [-0.3, -0.25) is 14.5 Å². The molecular formula is C18H27N3O2. The Labute approximate surface area is 138 Å². The van der Waals surface area contributed by atoms with Crippen LogP contribution in [0.2, 0.25) is 0 Å². The van der Waals surface area contributed by atoms with Gasteiger partial charge in [0.25, 0.3) is 0 Å². The Morgan fingerprint density at radius 2 is 1.91 bits per heavy atom. The average molecular weight is 317 g/mol. The fourth-order valence-electron chi connectivity index (χ4n) is 2.81. The summed E-state index contributed by atoms with van der Waals surface area (Å²) in [4.78, 5) is 28.3. The van der Waals surface area contributed by atoms with Crippen LogP contribution < -0.4 is 5.32 Å². The Kier molecular flexibility index (Phi) is 5.77. The molecular weight excluding hydrogens is 290 g/mol. The molecule has 0 bridgehead atoms. The summed E-state index contributed by atoms with van der Waals surface area (Å²) in [6.45, 7) is 7.72. The molecule has 1 aromatic carbocycles. The van der Waals surface area contributed by atoms with Gasteiger partial charge in [0.2, 0.25) is 11.8 Å². The lowest BCUT2D eigenvalue weighted by molar-refractivity contribution is -0.135. The number of likely N-dealkylation sites (tertiary alicyclic amines) is 1. The van der Waals surface area contributed by atoms with E-state index in [4.69, 9.17) is 0 Å². The molecule has 0 aromatic heterocycles. The summed E-state index contributed by atoms with van der Waals surface area (Å²) < 4.78 is 0. The van der Waals surface area contributed by atoms with Gasteiger partial charge in [-0.25, -0.2) is 0 Å². The van der Waals surface area contributed by atoms with Crippen molar-refractivity contribution >= 4 is 17.5 Å². The minimum atomic E-state index is -0.280. The molecule has 2 rings (SSSR count). The number of carbonyl (C=O) groups is 2. The number of likely N-dealkylation sites (N-methyl/N-ethyl adjacent to an activating group) is 1. The van der Waals surface area contributed by atoms with E-state index in [9.17, 15) is 9.59 Å². The van der Waals surface area contributed by atoms with Gasteiger partial charge < -0.3 is 10.2 Å². The SMILES string of the molecule is Cc1ccc(C)c(NC(=O)CN(C)[C@@H](C)C(=O)N2CCCC2)c1. The second-order valence-electron chi connectivity index (χ2n) is 6.49. The topological polar surface area (TPSA) is 52.7 Å². The van der Waals surface area contributed by atoms with Crippen LogP contribution in [0.1, 0.15) is 30.9 Å². The first-order valence-electron chi connectivity index (χ1n) is 8.24. The second kappa shape index (κ2) is 7.59. The lowest BCUT2D eigenvalue weighted by Crippen LogP contribution is -2.46. The fourth-order valence-corrected chi connectivity index (χ4v) is 2.81. The average Bonchev–Trinajstić information content (AvgIpc) is 3.03. The predicted molar refractivity (Wildman–Crippen MR) is 92.5 cm³/mol. The molecule has 5 nitrogen and oxygen atoms in total. The molecule has 23 heavy (non-hydrogen) atoms. The monoisotopic (exact) mass is 317 g/mol. The zero-order valence-corrected chi connectivity index (χ0v) is 14.6. The third-order valence-electron chi connectivity index (χ3n) is 4.50. The van der Waals surface area contributed by atoms with E-state index in [0.29, 0.717) is 0 Å². The maximum absolute atomic E-state index is 12.4. The first-order chi connectivity index (χ1) is 10.9. The summed E-state index contributed by atoms with van der Waals surface area (Å²) in [7, 11) is 1.82. The zero-order valence-electron chi connectivity index (χ0n) is 14.6. The first kappa shape index (κ1) is 17.5. The number of amides is 2. The molecule has 1 N–H and O–H groups in total. The molecule has 1 aromatic rings. The minimum absolute atomic E-state index is 0.0951. The van der Waals surface area contributed by atoms with Gasteiger partial charge in [0.15, 0.2) is 0 Å². The molecule has 1 aliphatic rings. The largest absolute Gasteiger partial charge is 0.341 e. The summed E-state index contributed by atoms with van der Waals surface area (Å²) in [5.41, 5.74) is 2.98. The van der Waals surface area contributed by atoms with Crippen LogP contribution >= 0.6 is 0 Å². The fraction of sp³-hybridized carbons (Fsp3) is 0.556. The summed E-state index contributed by atoms with van der Waals surface area (Å²) in [6, 6.07) is 5.70. The summed E-state index contributed by atoms with van der Waals surface area (Å²) in [6.07, 6.45) is 2.16. The van der Waals surface area contributed by atoms with Crippen LogP contribution in [-0.2, 0) is 9.59 Å². The number of hydrogen-bond acceptors (Lipinski definition) is 3. The molecule has 126 valence electrons. The molecule has 1 atom stereocenters. The predicted octanol–water partition coefficient (Wildman–Crippen LogP) is 2.18. The zero-order chi connectivity index (χ0) is 17.0. The number of aryl methyl sites for hydroxylation is 2. The van der Waals surface area contributed by atoms with Gasteiger partial charge in [-0.2, -0.15) is 0 Å². The maximum atomic E-state index is 12.4. The van der Waals surface area contributed by atoms with E-state index in [1.807, 2.05) is 50.9 Å². The number of anilines is 1. The van der Waals surface area contributed by atoms with Crippen molar-refractivity contribution < 1.29 is 9.59 Å². The number of nitrogens with zero attached hydrogens (tertiary/aromatic N) is 2. The van der Waals surface area contributed by atoms with E-state index in [0.717, 1.165) is 42.7 Å². The molecule has 0 saturated carbocycles. The van der Waals surface area contributed by atoms with Gasteiger partial charge in [0.05, 0.1) is 12.6 Å². The maximum Gasteiger partial charge on any atom is 0.239 e. The number of hydrogen-bond donors (Lipinski definition) is 1. The highest BCUT2D eigenvalue weighted by atomic mass is 16.2. The summed E-state index contributed by atoms with van der Waals surface area (Å²) >= 11 is 0. The normalized spacial score (nSPS) is 15.8. The number of benzene rings is 1. The quantitative estimate of drug-likeness (QED) is 0.905. The van der Waals surface area contributed by atoms with E-state index < -0.39 is 0 Å². The van der Waals surface area contributed by atoms with Gasteiger partial charge >= 0.3 is 0 Å². The summed E-state index contributed by atoms with van der Waals surface area (Å²) in [5, 5.41) is 2.94. The number of carbonyl (C=O) groups excluding carboxylic acids is 2. The van der Waals surface area contributed by atoms with Crippen molar-refractivity contribution in [3.05, 3.63) is 29.3 Å². The Morgan fingerprint density at radius 1 is 1.26 bits per heavy atom. The van der Waals surface area contributed by atoms with Crippen LogP contribution in [0.25, 0.3) is 0 Å². The van der Waals surface area contributed by atoms with Crippen molar-refractivity contribution in [3.63, 3.8) is 0 Å². The molecule has 1 aliphatic heterocycles. The molecule has 0 unspecified atom stereocenters. The van der Waals surface area contributed by atoms with E-state index in [1.165, 1.54) is 0 Å². The van der Waals surface area contributed by atoms with Crippen LogP contribution in [0, 0.1) is 13.8 Å². The third kappa shape index (κ3) is 4.55. The van der Waals surface area contributed by atoms with E-state index >= 15 is 0 Å². The van der Waals surface area contributed by atoms with E-state index in [2.05, 4.69) is 5.32 Å². The minimum Gasteiger partial charge on any atom is -0.341 e. The number of rotatable bonds is 5. The van der Waals surface area contributed by atoms with Crippen molar-refractivity contribution in [3.8, 4) is 0 Å². The lowest BCUT2D eigenvalue weighted by atomic mass is 10.1. The molecule has 0 radical (unpaired) electrons. The van der Waals surface area contributed by atoms with Crippen LogP contribution in [-0.4, -0.2) is 54.3 Å². The Bertz CT molecular complexity index is 580. The van der Waals surface area contributed by atoms with Crippen molar-refractivity contribution in [2.45, 2.75) is 39.7 Å². The van der Waals surface area contributed by atoms with E-state index in [-0.39, 0.29) is 24.4 Å². The highest BCUT2D eigenvalue weighted by Crippen LogP contribution is 2.16. The molecule has 2 amide bonds.